The van der Waals surface area contributed by atoms with Gasteiger partial charge in [-0.25, -0.2) is 0 Å². The van der Waals surface area contributed by atoms with Crippen LogP contribution in [0.5, 0.6) is 0 Å². The van der Waals surface area contributed by atoms with Gasteiger partial charge in [0, 0.05) is 11.0 Å². The molecule has 1 aromatic rings. The number of halogens is 1. The number of carboxylic acids is 1. The lowest BCUT2D eigenvalue weighted by atomic mass is 10.1. The highest BCUT2D eigenvalue weighted by Crippen LogP contribution is 2.22. The molecule has 20 heavy (non-hydrogen) atoms. The maximum Gasteiger partial charge on any atom is 0.305 e. The van der Waals surface area contributed by atoms with Crippen molar-refractivity contribution >= 4 is 27.8 Å². The molecular weight excluding hydrogens is 326 g/mol. The number of nitrogens with zero attached hydrogens (tertiary/aromatic N) is 1. The van der Waals surface area contributed by atoms with Crippen molar-refractivity contribution in [1.29, 1.82) is 0 Å². The molecule has 1 saturated heterocycles. The zero-order valence-electron chi connectivity index (χ0n) is 11.1. The molecule has 5 nitrogen and oxygen atoms in total. The Morgan fingerprint density at radius 1 is 1.50 bits per heavy atom. The largest absolute Gasteiger partial charge is 0.481 e. The Bertz CT molecular complexity index is 532. The van der Waals surface area contributed by atoms with Gasteiger partial charge in [-0.05, 0) is 40.5 Å². The predicted octanol–water partition coefficient (Wildman–Crippen LogP) is 2.07. The van der Waals surface area contributed by atoms with Gasteiger partial charge in [0.25, 0.3) is 5.91 Å². The minimum Gasteiger partial charge on any atom is -0.481 e. The highest BCUT2D eigenvalue weighted by Gasteiger charge is 2.30. The van der Waals surface area contributed by atoms with Crippen LogP contribution in [0.25, 0.3) is 0 Å². The molecular formula is C14H16BrNO4. The van der Waals surface area contributed by atoms with Crippen molar-refractivity contribution < 1.29 is 19.4 Å². The number of carboxylic acid groups (broad SMARTS) is 1. The monoisotopic (exact) mass is 341 g/mol. The van der Waals surface area contributed by atoms with E-state index in [1.807, 2.05) is 19.1 Å². The second-order valence-corrected chi connectivity index (χ2v) is 5.66. The third kappa shape index (κ3) is 3.37. The van der Waals surface area contributed by atoms with Gasteiger partial charge in [0.2, 0.25) is 0 Å². The first-order chi connectivity index (χ1) is 9.49. The Labute approximate surface area is 125 Å². The van der Waals surface area contributed by atoms with Gasteiger partial charge in [-0.15, -0.1) is 0 Å². The van der Waals surface area contributed by atoms with E-state index in [0.717, 1.165) is 10.0 Å². The van der Waals surface area contributed by atoms with Crippen LogP contribution in [0.4, 0.5) is 0 Å². The van der Waals surface area contributed by atoms with E-state index in [2.05, 4.69) is 15.9 Å². The molecule has 1 aromatic carbocycles. The summed E-state index contributed by atoms with van der Waals surface area (Å²) in [4.78, 5) is 25.0. The van der Waals surface area contributed by atoms with Gasteiger partial charge in [0.05, 0.1) is 31.2 Å². The number of ether oxygens (including phenoxy) is 1. The minimum atomic E-state index is -0.929. The van der Waals surface area contributed by atoms with E-state index >= 15 is 0 Å². The zero-order valence-corrected chi connectivity index (χ0v) is 12.7. The topological polar surface area (TPSA) is 66.8 Å². The average Bonchev–Trinajstić information content (AvgIpc) is 2.38. The fourth-order valence-electron chi connectivity index (χ4n) is 2.24. The standard InChI is InChI=1S/C14H16BrNO4/c1-9-2-3-11(12(15)6-9)14(19)16-4-5-20-8-10(16)7-13(17)18/h2-3,6,10H,4-5,7-8H2,1H3,(H,17,18). The highest BCUT2D eigenvalue weighted by atomic mass is 79.9. The van der Waals surface area contributed by atoms with Crippen LogP contribution in [0, 0.1) is 6.92 Å². The third-order valence-electron chi connectivity index (χ3n) is 3.25. The van der Waals surface area contributed by atoms with Crippen LogP contribution in [0.2, 0.25) is 0 Å². The summed E-state index contributed by atoms with van der Waals surface area (Å²) in [5.74, 6) is -1.09. The van der Waals surface area contributed by atoms with Gasteiger partial charge in [0.15, 0.2) is 0 Å². The fraction of sp³-hybridized carbons (Fsp3) is 0.429. The summed E-state index contributed by atoms with van der Waals surface area (Å²) in [5, 5.41) is 8.92. The summed E-state index contributed by atoms with van der Waals surface area (Å²) in [5.41, 5.74) is 1.60. The number of carbonyl (C=O) groups is 2. The number of morpholine rings is 1. The second-order valence-electron chi connectivity index (χ2n) is 4.81. The molecule has 0 saturated carbocycles. The van der Waals surface area contributed by atoms with Crippen molar-refractivity contribution in [3.63, 3.8) is 0 Å². The van der Waals surface area contributed by atoms with E-state index < -0.39 is 12.0 Å². The van der Waals surface area contributed by atoms with Crippen molar-refractivity contribution in [2.24, 2.45) is 0 Å². The van der Waals surface area contributed by atoms with Gasteiger partial charge >= 0.3 is 5.97 Å². The Kier molecular flexibility index (Phi) is 4.77. The lowest BCUT2D eigenvalue weighted by molar-refractivity contribution is -0.139. The van der Waals surface area contributed by atoms with Crippen molar-refractivity contribution in [1.82, 2.24) is 4.90 Å². The fourth-order valence-corrected chi connectivity index (χ4v) is 2.90. The van der Waals surface area contributed by atoms with Crippen molar-refractivity contribution in [2.45, 2.75) is 19.4 Å². The molecule has 108 valence electrons. The number of benzene rings is 1. The molecule has 6 heteroatoms. The molecule has 1 N–H and O–H groups in total. The van der Waals surface area contributed by atoms with Crippen LogP contribution in [-0.2, 0) is 9.53 Å². The number of rotatable bonds is 3. The Morgan fingerprint density at radius 3 is 2.90 bits per heavy atom. The first-order valence-electron chi connectivity index (χ1n) is 6.35. The minimum absolute atomic E-state index is 0.102. The van der Waals surface area contributed by atoms with Gasteiger partial charge in [-0.3, -0.25) is 9.59 Å². The number of aryl methyl sites for hydroxylation is 1. The van der Waals surface area contributed by atoms with Gasteiger partial charge in [0.1, 0.15) is 0 Å². The number of carbonyl (C=O) groups excluding carboxylic acids is 1. The van der Waals surface area contributed by atoms with Crippen LogP contribution >= 0.6 is 15.9 Å². The number of hydrogen-bond acceptors (Lipinski definition) is 3. The molecule has 0 bridgehead atoms. The molecule has 1 amide bonds. The number of hydrogen-bond donors (Lipinski definition) is 1. The molecule has 1 aliphatic rings. The SMILES string of the molecule is Cc1ccc(C(=O)N2CCOCC2CC(=O)O)c(Br)c1. The lowest BCUT2D eigenvalue weighted by Crippen LogP contribution is -2.49. The first-order valence-corrected chi connectivity index (χ1v) is 7.15. The smallest absolute Gasteiger partial charge is 0.305 e. The van der Waals surface area contributed by atoms with Crippen LogP contribution < -0.4 is 0 Å². The van der Waals surface area contributed by atoms with Crippen LogP contribution in [-0.4, -0.2) is 47.7 Å². The maximum absolute atomic E-state index is 12.6. The third-order valence-corrected chi connectivity index (χ3v) is 3.91. The summed E-state index contributed by atoms with van der Waals surface area (Å²) in [6, 6.07) is 5.08. The van der Waals surface area contributed by atoms with Crippen LogP contribution in [0.15, 0.2) is 22.7 Å². The zero-order chi connectivity index (χ0) is 14.7. The quantitative estimate of drug-likeness (QED) is 0.913. The number of amides is 1. The van der Waals surface area contributed by atoms with E-state index in [1.165, 1.54) is 0 Å². The van der Waals surface area contributed by atoms with E-state index in [9.17, 15) is 9.59 Å². The Morgan fingerprint density at radius 2 is 2.25 bits per heavy atom. The highest BCUT2D eigenvalue weighted by molar-refractivity contribution is 9.10. The van der Waals surface area contributed by atoms with Crippen molar-refractivity contribution in [3.05, 3.63) is 33.8 Å². The summed E-state index contributed by atoms with van der Waals surface area (Å²) in [6.07, 6.45) is -0.102. The Balaban J connectivity index is 2.22. The number of aliphatic carboxylic acids is 1. The molecule has 1 aliphatic heterocycles. The van der Waals surface area contributed by atoms with E-state index in [-0.39, 0.29) is 18.9 Å². The molecule has 1 fully saturated rings. The first kappa shape index (κ1) is 15.0. The van der Waals surface area contributed by atoms with E-state index in [0.29, 0.717) is 18.7 Å². The molecule has 0 aromatic heterocycles. The maximum atomic E-state index is 12.6. The van der Waals surface area contributed by atoms with Gasteiger partial charge < -0.3 is 14.7 Å². The summed E-state index contributed by atoms with van der Waals surface area (Å²) in [7, 11) is 0. The predicted molar refractivity (Wildman–Crippen MR) is 76.8 cm³/mol. The van der Waals surface area contributed by atoms with Gasteiger partial charge in [-0.1, -0.05) is 6.07 Å². The van der Waals surface area contributed by atoms with Crippen LogP contribution in [0.3, 0.4) is 0 Å². The molecule has 0 aliphatic carbocycles. The van der Waals surface area contributed by atoms with Crippen molar-refractivity contribution in [2.75, 3.05) is 19.8 Å². The normalized spacial score (nSPS) is 18.9. The summed E-state index contributed by atoms with van der Waals surface area (Å²) >= 11 is 3.39. The second kappa shape index (κ2) is 6.37. The molecule has 1 unspecified atom stereocenters. The molecule has 2 rings (SSSR count). The molecule has 1 atom stereocenters. The lowest BCUT2D eigenvalue weighted by Gasteiger charge is -2.35. The van der Waals surface area contributed by atoms with E-state index in [1.54, 1.807) is 11.0 Å². The molecule has 0 spiro atoms. The Hall–Kier alpha value is -1.40. The van der Waals surface area contributed by atoms with E-state index in [4.69, 9.17) is 9.84 Å². The van der Waals surface area contributed by atoms with Gasteiger partial charge in [-0.2, -0.15) is 0 Å². The molecule has 0 radical (unpaired) electrons. The van der Waals surface area contributed by atoms with Crippen LogP contribution in [0.1, 0.15) is 22.3 Å². The summed E-state index contributed by atoms with van der Waals surface area (Å²) < 4.78 is 6.00. The summed E-state index contributed by atoms with van der Waals surface area (Å²) in [6.45, 7) is 3.06. The average molecular weight is 342 g/mol. The van der Waals surface area contributed by atoms with Crippen molar-refractivity contribution in [3.8, 4) is 0 Å². The molecule has 1 heterocycles.